The minimum absolute atomic E-state index is 0.126. The molecule has 2 aromatic rings. The number of benzene rings is 2. The maximum Gasteiger partial charge on any atom is 0.261 e. The number of hydrogen-bond acceptors (Lipinski definition) is 4. The summed E-state index contributed by atoms with van der Waals surface area (Å²) < 4.78 is 27.6. The minimum Gasteiger partial charge on any atom is -0.349 e. The monoisotopic (exact) mass is 401 g/mol. The molecule has 1 saturated heterocycles. The molecule has 0 aromatic heterocycles. The largest absolute Gasteiger partial charge is 0.349 e. The van der Waals surface area contributed by atoms with Crippen LogP contribution in [0.25, 0.3) is 0 Å². The van der Waals surface area contributed by atoms with Crippen molar-refractivity contribution in [1.82, 2.24) is 10.2 Å². The van der Waals surface area contributed by atoms with Gasteiger partial charge in [0.2, 0.25) is 0 Å². The summed E-state index contributed by atoms with van der Waals surface area (Å²) in [6.07, 6.45) is 1.87. The van der Waals surface area contributed by atoms with Crippen molar-refractivity contribution in [2.24, 2.45) is 0 Å². The molecule has 0 bridgehead atoms. The maximum absolute atomic E-state index is 12.5. The molecule has 1 aliphatic heterocycles. The van der Waals surface area contributed by atoms with Gasteiger partial charge in [-0.15, -0.1) is 0 Å². The van der Waals surface area contributed by atoms with Gasteiger partial charge >= 0.3 is 0 Å². The van der Waals surface area contributed by atoms with Gasteiger partial charge in [-0.25, -0.2) is 8.42 Å². The normalized spacial score (nSPS) is 15.9. The molecule has 1 amide bonds. The number of amides is 1. The van der Waals surface area contributed by atoms with Crippen LogP contribution in [-0.2, 0) is 10.0 Å². The van der Waals surface area contributed by atoms with Crippen molar-refractivity contribution in [3.05, 3.63) is 59.7 Å². The highest BCUT2D eigenvalue weighted by atomic mass is 32.2. The average Bonchev–Trinajstić information content (AvgIpc) is 2.70. The Morgan fingerprint density at radius 1 is 1.04 bits per heavy atom. The van der Waals surface area contributed by atoms with E-state index in [1.54, 1.807) is 24.3 Å². The molecule has 6 nitrogen and oxygen atoms in total. The van der Waals surface area contributed by atoms with Gasteiger partial charge in [-0.1, -0.05) is 24.6 Å². The molecule has 2 aromatic carbocycles. The van der Waals surface area contributed by atoms with Gasteiger partial charge in [0.25, 0.3) is 15.9 Å². The van der Waals surface area contributed by atoms with E-state index in [0.717, 1.165) is 38.0 Å². The first-order chi connectivity index (χ1) is 13.4. The van der Waals surface area contributed by atoms with Crippen LogP contribution in [0.3, 0.4) is 0 Å². The topological polar surface area (TPSA) is 78.5 Å². The summed E-state index contributed by atoms with van der Waals surface area (Å²) in [5, 5.41) is 3.05. The number of aryl methyl sites for hydroxylation is 1. The molecule has 1 heterocycles. The number of rotatable bonds is 6. The molecule has 7 heteroatoms. The highest BCUT2D eigenvalue weighted by Crippen LogP contribution is 2.18. The van der Waals surface area contributed by atoms with Gasteiger partial charge in [0.05, 0.1) is 4.90 Å². The van der Waals surface area contributed by atoms with Crippen LogP contribution < -0.4 is 10.0 Å². The molecule has 0 unspecified atom stereocenters. The van der Waals surface area contributed by atoms with Gasteiger partial charge in [0, 0.05) is 30.4 Å². The summed E-state index contributed by atoms with van der Waals surface area (Å²) in [6.45, 7) is 7.09. The van der Waals surface area contributed by atoms with Crippen LogP contribution >= 0.6 is 0 Å². The Balaban J connectivity index is 1.62. The number of nitrogens with zero attached hydrogens (tertiary/aromatic N) is 1. The molecule has 28 heavy (non-hydrogen) atoms. The van der Waals surface area contributed by atoms with Crippen molar-refractivity contribution in [2.75, 3.05) is 24.4 Å². The fourth-order valence-corrected chi connectivity index (χ4v) is 4.34. The van der Waals surface area contributed by atoms with Gasteiger partial charge in [-0.3, -0.25) is 9.52 Å². The number of sulfonamides is 1. The summed E-state index contributed by atoms with van der Waals surface area (Å²) in [5.74, 6) is -0.162. The quantitative estimate of drug-likeness (QED) is 0.780. The molecule has 0 spiro atoms. The van der Waals surface area contributed by atoms with Gasteiger partial charge in [0.1, 0.15) is 0 Å². The summed E-state index contributed by atoms with van der Waals surface area (Å²) in [5.41, 5.74) is 2.02. The number of hydrogen-bond donors (Lipinski definition) is 2. The van der Waals surface area contributed by atoms with E-state index in [-0.39, 0.29) is 16.8 Å². The number of anilines is 1. The fourth-order valence-electron chi connectivity index (χ4n) is 3.28. The summed E-state index contributed by atoms with van der Waals surface area (Å²) in [7, 11) is -3.69. The van der Waals surface area contributed by atoms with Crippen LogP contribution in [0.1, 0.15) is 35.7 Å². The lowest BCUT2D eigenvalue weighted by molar-refractivity contribution is 0.0912. The predicted octanol–water partition coefficient (Wildman–Crippen LogP) is 3.01. The SMILES string of the molecule is CCN1CCC(NC(=O)c2ccc(S(=O)(=O)Nc3ccc(C)cc3)cc2)CC1. The smallest absolute Gasteiger partial charge is 0.261 e. The molecule has 0 aliphatic carbocycles. The van der Waals surface area contributed by atoms with Gasteiger partial charge in [-0.05, 0) is 62.7 Å². The third kappa shape index (κ3) is 5.11. The van der Waals surface area contributed by atoms with E-state index >= 15 is 0 Å². The van der Waals surface area contributed by atoms with Crippen molar-refractivity contribution < 1.29 is 13.2 Å². The number of carbonyl (C=O) groups is 1. The lowest BCUT2D eigenvalue weighted by Crippen LogP contribution is -2.44. The van der Waals surface area contributed by atoms with Gasteiger partial charge < -0.3 is 10.2 Å². The average molecular weight is 402 g/mol. The molecule has 0 saturated carbocycles. The van der Waals surface area contributed by atoms with E-state index in [4.69, 9.17) is 0 Å². The molecule has 2 N–H and O–H groups in total. The maximum atomic E-state index is 12.5. The Labute approximate surface area is 167 Å². The summed E-state index contributed by atoms with van der Waals surface area (Å²) >= 11 is 0. The van der Waals surface area contributed by atoms with Crippen LogP contribution in [-0.4, -0.2) is 44.9 Å². The standard InChI is InChI=1S/C21H27N3O3S/c1-3-24-14-12-18(13-15-24)22-21(25)17-6-10-20(11-7-17)28(26,27)23-19-8-4-16(2)5-9-19/h4-11,18,23H,3,12-15H2,1-2H3,(H,22,25). The summed E-state index contributed by atoms with van der Waals surface area (Å²) in [4.78, 5) is 14.9. The molecule has 0 atom stereocenters. The third-order valence-corrected chi connectivity index (χ3v) is 6.50. The van der Waals surface area contributed by atoms with Crippen LogP contribution in [0.2, 0.25) is 0 Å². The zero-order valence-electron chi connectivity index (χ0n) is 16.3. The van der Waals surface area contributed by atoms with E-state index in [1.807, 2.05) is 19.1 Å². The summed E-state index contributed by atoms with van der Waals surface area (Å²) in [6, 6.07) is 13.3. The zero-order chi connectivity index (χ0) is 20.1. The number of likely N-dealkylation sites (tertiary alicyclic amines) is 1. The van der Waals surface area contributed by atoms with E-state index in [2.05, 4.69) is 21.9 Å². The minimum atomic E-state index is -3.69. The van der Waals surface area contributed by atoms with E-state index in [1.165, 1.54) is 12.1 Å². The van der Waals surface area contributed by atoms with Gasteiger partial charge in [0.15, 0.2) is 0 Å². The van der Waals surface area contributed by atoms with Crippen molar-refractivity contribution >= 4 is 21.6 Å². The first-order valence-corrected chi connectivity index (χ1v) is 11.1. The molecule has 0 radical (unpaired) electrons. The second kappa shape index (κ2) is 8.75. The molecule has 1 aliphatic rings. The van der Waals surface area contributed by atoms with E-state index in [0.29, 0.717) is 11.3 Å². The second-order valence-electron chi connectivity index (χ2n) is 7.18. The predicted molar refractivity (Wildman–Crippen MR) is 111 cm³/mol. The van der Waals surface area contributed by atoms with Gasteiger partial charge in [-0.2, -0.15) is 0 Å². The van der Waals surface area contributed by atoms with E-state index < -0.39 is 10.0 Å². The van der Waals surface area contributed by atoms with Crippen LogP contribution in [0.4, 0.5) is 5.69 Å². The first kappa shape index (κ1) is 20.4. The Bertz CT molecular complexity index is 901. The Morgan fingerprint density at radius 3 is 2.21 bits per heavy atom. The van der Waals surface area contributed by atoms with Crippen LogP contribution in [0, 0.1) is 6.92 Å². The highest BCUT2D eigenvalue weighted by Gasteiger charge is 2.21. The first-order valence-electron chi connectivity index (χ1n) is 9.60. The highest BCUT2D eigenvalue weighted by molar-refractivity contribution is 7.92. The number of carbonyl (C=O) groups excluding carboxylic acids is 1. The molecule has 150 valence electrons. The van der Waals surface area contributed by atoms with Crippen LogP contribution in [0.5, 0.6) is 0 Å². The number of piperidine rings is 1. The Kier molecular flexibility index (Phi) is 6.36. The van der Waals surface area contributed by atoms with Crippen molar-refractivity contribution in [2.45, 2.75) is 37.6 Å². The molecular weight excluding hydrogens is 374 g/mol. The fraction of sp³-hybridized carbons (Fsp3) is 0.381. The lowest BCUT2D eigenvalue weighted by Gasteiger charge is -2.31. The second-order valence-corrected chi connectivity index (χ2v) is 8.86. The third-order valence-electron chi connectivity index (χ3n) is 5.10. The zero-order valence-corrected chi connectivity index (χ0v) is 17.1. The molecular formula is C21H27N3O3S. The molecule has 3 rings (SSSR count). The lowest BCUT2D eigenvalue weighted by atomic mass is 10.0. The van der Waals surface area contributed by atoms with E-state index in [9.17, 15) is 13.2 Å². The van der Waals surface area contributed by atoms with Crippen molar-refractivity contribution in [1.29, 1.82) is 0 Å². The van der Waals surface area contributed by atoms with Crippen molar-refractivity contribution in [3.63, 3.8) is 0 Å². The van der Waals surface area contributed by atoms with Crippen LogP contribution in [0.15, 0.2) is 53.4 Å². The van der Waals surface area contributed by atoms with Crippen molar-refractivity contribution in [3.8, 4) is 0 Å². The Hall–Kier alpha value is -2.38. The number of nitrogens with one attached hydrogen (secondary N) is 2. The molecule has 1 fully saturated rings. The Morgan fingerprint density at radius 2 is 1.64 bits per heavy atom.